The Morgan fingerprint density at radius 1 is 1.58 bits per heavy atom. The Hall–Kier alpha value is -0.550. The molecule has 0 aromatic carbocycles. The zero-order chi connectivity index (χ0) is 9.24. The lowest BCUT2D eigenvalue weighted by Gasteiger charge is -2.46. The minimum Gasteiger partial charge on any atom is -0.389 e. The van der Waals surface area contributed by atoms with Gasteiger partial charge in [0, 0.05) is 0 Å². The van der Waals surface area contributed by atoms with Crippen LogP contribution in [0.5, 0.6) is 0 Å². The monoisotopic (exact) mass is 167 g/mol. The second-order valence-corrected chi connectivity index (χ2v) is 4.07. The molecule has 1 unspecified atom stereocenters. The molecule has 1 aliphatic rings. The van der Waals surface area contributed by atoms with Crippen LogP contribution in [0.15, 0.2) is 0 Å². The van der Waals surface area contributed by atoms with Crippen LogP contribution in [0.1, 0.15) is 46.0 Å². The van der Waals surface area contributed by atoms with Crippen LogP contribution in [0.25, 0.3) is 0 Å². The van der Waals surface area contributed by atoms with E-state index in [0.717, 1.165) is 32.1 Å². The highest BCUT2D eigenvalue weighted by Crippen LogP contribution is 2.50. The first kappa shape index (κ1) is 9.54. The molecule has 1 N–H and O–H groups in total. The van der Waals surface area contributed by atoms with Crippen LogP contribution < -0.4 is 0 Å². The Balaban J connectivity index is 2.72. The molecule has 1 fully saturated rings. The van der Waals surface area contributed by atoms with E-state index in [1.807, 2.05) is 6.92 Å². The summed E-state index contributed by atoms with van der Waals surface area (Å²) in [6.45, 7) is 3.84. The Kier molecular flexibility index (Phi) is 2.44. The van der Waals surface area contributed by atoms with Crippen LogP contribution in [0.2, 0.25) is 0 Å². The molecule has 0 radical (unpaired) electrons. The highest BCUT2D eigenvalue weighted by atomic mass is 16.3. The third-order valence-electron chi connectivity index (χ3n) is 3.19. The van der Waals surface area contributed by atoms with Crippen LogP contribution >= 0.6 is 0 Å². The first-order valence-electron chi connectivity index (χ1n) is 4.71. The van der Waals surface area contributed by atoms with Crippen LogP contribution in [0.3, 0.4) is 0 Å². The van der Waals surface area contributed by atoms with Crippen molar-refractivity contribution in [1.29, 1.82) is 5.26 Å². The molecule has 0 saturated heterocycles. The van der Waals surface area contributed by atoms with Crippen molar-refractivity contribution >= 4 is 0 Å². The van der Waals surface area contributed by atoms with Gasteiger partial charge < -0.3 is 5.11 Å². The van der Waals surface area contributed by atoms with Crippen molar-refractivity contribution in [3.05, 3.63) is 0 Å². The first-order valence-corrected chi connectivity index (χ1v) is 4.71. The van der Waals surface area contributed by atoms with Crippen molar-refractivity contribution in [3.63, 3.8) is 0 Å². The standard InChI is InChI=1S/C10H17NO/c1-3-5-9(2,12)10(8-11)6-4-7-10/h12H,3-7H2,1-2H3. The third kappa shape index (κ3) is 1.23. The lowest BCUT2D eigenvalue weighted by atomic mass is 9.59. The smallest absolute Gasteiger partial charge is 0.0857 e. The van der Waals surface area contributed by atoms with Gasteiger partial charge in [-0.05, 0) is 26.2 Å². The van der Waals surface area contributed by atoms with E-state index in [0.29, 0.717) is 0 Å². The number of nitrogens with zero attached hydrogens (tertiary/aromatic N) is 1. The molecule has 1 aliphatic carbocycles. The van der Waals surface area contributed by atoms with Crippen molar-refractivity contribution in [3.8, 4) is 6.07 Å². The minimum absolute atomic E-state index is 0.428. The Morgan fingerprint density at radius 3 is 2.42 bits per heavy atom. The molecular weight excluding hydrogens is 150 g/mol. The topological polar surface area (TPSA) is 44.0 Å². The summed E-state index contributed by atoms with van der Waals surface area (Å²) in [5.41, 5.74) is -1.20. The van der Waals surface area contributed by atoms with Crippen molar-refractivity contribution in [1.82, 2.24) is 0 Å². The normalized spacial score (nSPS) is 25.2. The summed E-state index contributed by atoms with van der Waals surface area (Å²) >= 11 is 0. The summed E-state index contributed by atoms with van der Waals surface area (Å²) in [6, 6.07) is 2.29. The molecule has 1 rings (SSSR count). The molecule has 0 bridgehead atoms. The summed E-state index contributed by atoms with van der Waals surface area (Å²) in [7, 11) is 0. The van der Waals surface area contributed by atoms with Gasteiger partial charge in [-0.1, -0.05) is 19.8 Å². The Morgan fingerprint density at radius 2 is 2.17 bits per heavy atom. The van der Waals surface area contributed by atoms with Gasteiger partial charge in [0.2, 0.25) is 0 Å². The molecule has 0 aromatic heterocycles. The largest absolute Gasteiger partial charge is 0.389 e. The van der Waals surface area contributed by atoms with Gasteiger partial charge in [-0.25, -0.2) is 0 Å². The van der Waals surface area contributed by atoms with Crippen LogP contribution in [-0.2, 0) is 0 Å². The molecule has 2 heteroatoms. The molecule has 0 aliphatic heterocycles. The molecule has 0 amide bonds. The number of hydrogen-bond acceptors (Lipinski definition) is 2. The van der Waals surface area contributed by atoms with E-state index in [4.69, 9.17) is 5.26 Å². The van der Waals surface area contributed by atoms with Gasteiger partial charge in [0.05, 0.1) is 17.1 Å². The van der Waals surface area contributed by atoms with Crippen LogP contribution in [-0.4, -0.2) is 10.7 Å². The van der Waals surface area contributed by atoms with Gasteiger partial charge >= 0.3 is 0 Å². The van der Waals surface area contributed by atoms with Gasteiger partial charge in [0.15, 0.2) is 0 Å². The molecule has 2 nitrogen and oxygen atoms in total. The number of nitriles is 1. The maximum atomic E-state index is 10.1. The molecule has 1 atom stereocenters. The van der Waals surface area contributed by atoms with Crippen LogP contribution in [0, 0.1) is 16.7 Å². The Labute approximate surface area is 74.2 Å². The highest BCUT2D eigenvalue weighted by molar-refractivity contribution is 5.14. The van der Waals surface area contributed by atoms with Gasteiger partial charge in [0.1, 0.15) is 0 Å². The molecule has 0 aromatic rings. The van der Waals surface area contributed by atoms with E-state index in [1.54, 1.807) is 6.92 Å². The van der Waals surface area contributed by atoms with E-state index >= 15 is 0 Å². The van der Waals surface area contributed by atoms with Crippen molar-refractivity contribution in [2.75, 3.05) is 0 Å². The molecule has 1 saturated carbocycles. The van der Waals surface area contributed by atoms with Crippen molar-refractivity contribution in [2.24, 2.45) is 5.41 Å². The number of rotatable bonds is 3. The SMILES string of the molecule is CCCC(C)(O)C1(C#N)CCC1. The lowest BCUT2D eigenvalue weighted by molar-refractivity contribution is -0.0854. The fourth-order valence-corrected chi connectivity index (χ4v) is 2.03. The summed E-state index contributed by atoms with van der Waals surface area (Å²) in [5, 5.41) is 19.1. The third-order valence-corrected chi connectivity index (χ3v) is 3.19. The van der Waals surface area contributed by atoms with Gasteiger partial charge in [-0.3, -0.25) is 0 Å². The zero-order valence-corrected chi connectivity index (χ0v) is 7.93. The maximum absolute atomic E-state index is 10.1. The van der Waals surface area contributed by atoms with Gasteiger partial charge in [-0.15, -0.1) is 0 Å². The molecule has 12 heavy (non-hydrogen) atoms. The maximum Gasteiger partial charge on any atom is 0.0857 e. The van der Waals surface area contributed by atoms with Gasteiger partial charge in [0.25, 0.3) is 0 Å². The fourth-order valence-electron chi connectivity index (χ4n) is 2.03. The summed E-state index contributed by atoms with van der Waals surface area (Å²) in [6.07, 6.45) is 4.51. The van der Waals surface area contributed by atoms with E-state index in [1.165, 1.54) is 0 Å². The molecule has 0 heterocycles. The average Bonchev–Trinajstić information content (AvgIpc) is 1.84. The quantitative estimate of drug-likeness (QED) is 0.700. The van der Waals surface area contributed by atoms with Gasteiger partial charge in [-0.2, -0.15) is 5.26 Å². The summed E-state index contributed by atoms with van der Waals surface area (Å²) in [5.74, 6) is 0. The second kappa shape index (κ2) is 3.06. The number of aliphatic hydroxyl groups is 1. The summed E-state index contributed by atoms with van der Waals surface area (Å²) in [4.78, 5) is 0. The summed E-state index contributed by atoms with van der Waals surface area (Å²) < 4.78 is 0. The minimum atomic E-state index is -0.769. The molecule has 0 spiro atoms. The lowest BCUT2D eigenvalue weighted by Crippen LogP contribution is -2.49. The first-order chi connectivity index (χ1) is 5.58. The highest BCUT2D eigenvalue weighted by Gasteiger charge is 2.51. The Bertz CT molecular complexity index is 198. The van der Waals surface area contributed by atoms with E-state index < -0.39 is 11.0 Å². The predicted octanol–water partition coefficient (Wildman–Crippen LogP) is 2.23. The number of hydrogen-bond donors (Lipinski definition) is 1. The zero-order valence-electron chi connectivity index (χ0n) is 7.93. The fraction of sp³-hybridized carbons (Fsp3) is 0.900. The van der Waals surface area contributed by atoms with Crippen molar-refractivity contribution in [2.45, 2.75) is 51.6 Å². The predicted molar refractivity (Wildman–Crippen MR) is 47.4 cm³/mol. The second-order valence-electron chi connectivity index (χ2n) is 4.07. The van der Waals surface area contributed by atoms with Crippen molar-refractivity contribution < 1.29 is 5.11 Å². The van der Waals surface area contributed by atoms with E-state index in [9.17, 15) is 5.11 Å². The average molecular weight is 167 g/mol. The molecular formula is C10H17NO. The van der Waals surface area contributed by atoms with Crippen LogP contribution in [0.4, 0.5) is 0 Å². The van der Waals surface area contributed by atoms with E-state index in [2.05, 4.69) is 6.07 Å². The van der Waals surface area contributed by atoms with E-state index in [-0.39, 0.29) is 0 Å². The molecule has 68 valence electrons.